The zero-order valence-corrected chi connectivity index (χ0v) is 18.2. The monoisotopic (exact) mass is 436 g/mol. The number of aromatic nitrogens is 2. The van der Waals surface area contributed by atoms with Gasteiger partial charge in [-0.25, -0.2) is 0 Å². The zero-order chi connectivity index (χ0) is 21.8. The Balaban J connectivity index is 1.79. The van der Waals surface area contributed by atoms with E-state index in [0.717, 1.165) is 22.8 Å². The van der Waals surface area contributed by atoms with E-state index in [2.05, 4.69) is 20.9 Å². The summed E-state index contributed by atoms with van der Waals surface area (Å²) in [4.78, 5) is 18.4. The van der Waals surface area contributed by atoms with Crippen molar-refractivity contribution in [3.8, 4) is 11.4 Å². The lowest BCUT2D eigenvalue weighted by atomic mass is 10.0. The third-order valence-corrected chi connectivity index (χ3v) is 5.76. The lowest BCUT2D eigenvalue weighted by Crippen LogP contribution is -2.32. The predicted octanol–water partition coefficient (Wildman–Crippen LogP) is 3.42. The number of nitrogens with zero attached hydrogens (tertiary/aromatic N) is 3. The first-order chi connectivity index (χ1) is 15.1. The quantitative estimate of drug-likeness (QED) is 0.450. The fourth-order valence-electron chi connectivity index (χ4n) is 3.96. The lowest BCUT2D eigenvalue weighted by molar-refractivity contribution is -0.140. The number of thiocarbonyl (C=S) groups is 1. The molecule has 8 heteroatoms. The third kappa shape index (κ3) is 4.11. The molecule has 0 saturated carbocycles. The average molecular weight is 437 g/mol. The number of hydrogen-bond acceptors (Lipinski definition) is 5. The summed E-state index contributed by atoms with van der Waals surface area (Å²) in [6.07, 6.45) is 4.01. The van der Waals surface area contributed by atoms with E-state index in [0.29, 0.717) is 11.7 Å². The minimum Gasteiger partial charge on any atom is -0.495 e. The molecule has 7 nitrogen and oxygen atoms in total. The van der Waals surface area contributed by atoms with E-state index in [1.807, 2.05) is 59.6 Å². The number of ether oxygens (including phenoxy) is 2. The van der Waals surface area contributed by atoms with Crippen LogP contribution in [0.15, 0.2) is 67.0 Å². The Morgan fingerprint density at radius 2 is 1.94 bits per heavy atom. The first-order valence-electron chi connectivity index (χ1n) is 9.99. The summed E-state index contributed by atoms with van der Waals surface area (Å²) >= 11 is 5.67. The normalized spacial score (nSPS) is 18.0. The molecule has 0 amide bonds. The second-order valence-corrected chi connectivity index (χ2v) is 7.51. The molecule has 2 aromatic heterocycles. The van der Waals surface area contributed by atoms with Crippen molar-refractivity contribution in [1.29, 1.82) is 0 Å². The summed E-state index contributed by atoms with van der Waals surface area (Å²) in [5.41, 5.74) is 2.82. The SMILES string of the molecule is COC(=O)CCN1C(=S)N[C@@H](c2ccccn2)[C@H]1c1cccn1-c1ccccc1OC. The van der Waals surface area contributed by atoms with Crippen LogP contribution < -0.4 is 10.1 Å². The van der Waals surface area contributed by atoms with Crippen molar-refractivity contribution in [3.63, 3.8) is 0 Å². The van der Waals surface area contributed by atoms with Gasteiger partial charge >= 0.3 is 5.97 Å². The van der Waals surface area contributed by atoms with Gasteiger partial charge in [-0.15, -0.1) is 0 Å². The standard InChI is InChI=1S/C23H24N4O3S/c1-29-19-11-4-3-9-17(19)26-14-7-10-18(26)22-21(16-8-5-6-13-24-16)25-23(31)27(22)15-12-20(28)30-2/h3-11,13-14,21-22H,12,15H2,1-2H3,(H,25,31)/t21-,22+/m0/s1. The molecule has 3 heterocycles. The highest BCUT2D eigenvalue weighted by Gasteiger charge is 2.41. The maximum atomic E-state index is 11.8. The van der Waals surface area contributed by atoms with Crippen molar-refractivity contribution in [3.05, 3.63) is 78.4 Å². The Labute approximate surface area is 186 Å². The number of hydrogen-bond donors (Lipinski definition) is 1. The smallest absolute Gasteiger partial charge is 0.307 e. The van der Waals surface area contributed by atoms with Crippen molar-refractivity contribution in [2.75, 3.05) is 20.8 Å². The topological polar surface area (TPSA) is 68.6 Å². The van der Waals surface area contributed by atoms with Gasteiger partial charge in [-0.1, -0.05) is 18.2 Å². The molecule has 160 valence electrons. The fourth-order valence-corrected chi connectivity index (χ4v) is 4.30. The number of methoxy groups -OCH3 is 2. The Kier molecular flexibility index (Phi) is 6.18. The van der Waals surface area contributed by atoms with Gasteiger partial charge in [0.1, 0.15) is 5.75 Å². The number of esters is 1. The van der Waals surface area contributed by atoms with Gasteiger partial charge < -0.3 is 24.3 Å². The zero-order valence-electron chi connectivity index (χ0n) is 17.4. The summed E-state index contributed by atoms with van der Waals surface area (Å²) in [5.74, 6) is 0.493. The van der Waals surface area contributed by atoms with Crippen LogP contribution in [0.1, 0.15) is 29.9 Å². The molecule has 3 aromatic rings. The number of para-hydroxylation sites is 2. The van der Waals surface area contributed by atoms with Crippen LogP contribution in [0.25, 0.3) is 5.69 Å². The number of carbonyl (C=O) groups is 1. The molecule has 0 radical (unpaired) electrons. The van der Waals surface area contributed by atoms with Crippen LogP contribution in [-0.4, -0.2) is 46.3 Å². The molecule has 1 aromatic carbocycles. The molecule has 0 spiro atoms. The van der Waals surface area contributed by atoms with Crippen LogP contribution >= 0.6 is 12.2 Å². The van der Waals surface area contributed by atoms with E-state index in [1.54, 1.807) is 13.3 Å². The summed E-state index contributed by atoms with van der Waals surface area (Å²) < 4.78 is 12.5. The Bertz CT molecular complexity index is 1070. The minimum absolute atomic E-state index is 0.172. The van der Waals surface area contributed by atoms with Gasteiger partial charge in [0, 0.05) is 24.6 Å². The van der Waals surface area contributed by atoms with Gasteiger partial charge in [0.15, 0.2) is 5.11 Å². The molecular formula is C23H24N4O3S. The van der Waals surface area contributed by atoms with Gasteiger partial charge in [-0.05, 0) is 48.6 Å². The number of pyridine rings is 1. The van der Waals surface area contributed by atoms with Crippen LogP contribution in [0.4, 0.5) is 0 Å². The number of rotatable bonds is 7. The second-order valence-electron chi connectivity index (χ2n) is 7.12. The molecule has 1 fully saturated rings. The van der Waals surface area contributed by atoms with E-state index in [4.69, 9.17) is 21.7 Å². The average Bonchev–Trinajstić information content (AvgIpc) is 3.42. The molecule has 4 rings (SSSR count). The lowest BCUT2D eigenvalue weighted by Gasteiger charge is -2.29. The highest BCUT2D eigenvalue weighted by molar-refractivity contribution is 7.80. The van der Waals surface area contributed by atoms with Gasteiger partial charge in [0.25, 0.3) is 0 Å². The summed E-state index contributed by atoms with van der Waals surface area (Å²) in [7, 11) is 3.05. The van der Waals surface area contributed by atoms with E-state index < -0.39 is 0 Å². The van der Waals surface area contributed by atoms with Gasteiger partial charge in [-0.2, -0.15) is 0 Å². The number of nitrogens with one attached hydrogen (secondary N) is 1. The van der Waals surface area contributed by atoms with E-state index in [-0.39, 0.29) is 24.5 Å². The van der Waals surface area contributed by atoms with Crippen molar-refractivity contribution in [1.82, 2.24) is 19.8 Å². The van der Waals surface area contributed by atoms with Crippen LogP contribution in [0.2, 0.25) is 0 Å². The van der Waals surface area contributed by atoms with Crippen LogP contribution in [0.5, 0.6) is 5.75 Å². The van der Waals surface area contributed by atoms with Crippen molar-refractivity contribution < 1.29 is 14.3 Å². The van der Waals surface area contributed by atoms with Crippen LogP contribution in [-0.2, 0) is 9.53 Å². The first kappa shape index (κ1) is 20.9. The van der Waals surface area contributed by atoms with Crippen molar-refractivity contribution >= 4 is 23.3 Å². The molecule has 1 saturated heterocycles. The Morgan fingerprint density at radius 1 is 1.13 bits per heavy atom. The molecule has 1 aliphatic rings. The molecule has 1 aliphatic heterocycles. The maximum Gasteiger partial charge on any atom is 0.307 e. The van der Waals surface area contributed by atoms with Crippen molar-refractivity contribution in [2.45, 2.75) is 18.5 Å². The molecule has 0 bridgehead atoms. The largest absolute Gasteiger partial charge is 0.495 e. The Morgan fingerprint density at radius 3 is 2.68 bits per heavy atom. The first-order valence-corrected chi connectivity index (χ1v) is 10.4. The fraction of sp³-hybridized carbons (Fsp3) is 0.261. The highest BCUT2D eigenvalue weighted by Crippen LogP contribution is 2.40. The predicted molar refractivity (Wildman–Crippen MR) is 121 cm³/mol. The van der Waals surface area contributed by atoms with Crippen LogP contribution in [0, 0.1) is 0 Å². The van der Waals surface area contributed by atoms with Gasteiger partial charge in [0.2, 0.25) is 0 Å². The van der Waals surface area contributed by atoms with Crippen molar-refractivity contribution in [2.24, 2.45) is 0 Å². The minimum atomic E-state index is -0.275. The molecular weight excluding hydrogens is 412 g/mol. The van der Waals surface area contributed by atoms with E-state index in [1.165, 1.54) is 7.11 Å². The van der Waals surface area contributed by atoms with E-state index in [9.17, 15) is 4.79 Å². The molecule has 0 unspecified atom stereocenters. The molecule has 1 N–H and O–H groups in total. The summed E-state index contributed by atoms with van der Waals surface area (Å²) in [5, 5.41) is 3.99. The third-order valence-electron chi connectivity index (χ3n) is 5.41. The number of carbonyl (C=O) groups excluding carboxylic acids is 1. The molecule has 2 atom stereocenters. The second kappa shape index (κ2) is 9.18. The van der Waals surface area contributed by atoms with Crippen LogP contribution in [0.3, 0.4) is 0 Å². The number of benzene rings is 1. The van der Waals surface area contributed by atoms with Gasteiger partial charge in [-0.3, -0.25) is 9.78 Å². The molecule has 0 aliphatic carbocycles. The summed E-state index contributed by atoms with van der Waals surface area (Å²) in [6, 6.07) is 17.4. The summed E-state index contributed by atoms with van der Waals surface area (Å²) in [6.45, 7) is 0.434. The molecule has 31 heavy (non-hydrogen) atoms. The van der Waals surface area contributed by atoms with E-state index >= 15 is 0 Å². The highest BCUT2D eigenvalue weighted by atomic mass is 32.1. The van der Waals surface area contributed by atoms with Gasteiger partial charge in [0.05, 0.1) is 44.1 Å². The maximum absolute atomic E-state index is 11.8. The Hall–Kier alpha value is -3.39.